The SMILES string of the molecule is CCN(C(=O)N1CCCC(C)(O)CC1)C(C)CC(=O)O. The molecule has 2 atom stereocenters. The summed E-state index contributed by atoms with van der Waals surface area (Å²) in [7, 11) is 0. The van der Waals surface area contributed by atoms with Crippen LogP contribution in [0.3, 0.4) is 0 Å². The van der Waals surface area contributed by atoms with Crippen molar-refractivity contribution >= 4 is 12.0 Å². The fourth-order valence-corrected chi connectivity index (χ4v) is 2.63. The van der Waals surface area contributed by atoms with Crippen LogP contribution in [0.2, 0.25) is 0 Å². The van der Waals surface area contributed by atoms with Gasteiger partial charge in [-0.3, -0.25) is 4.79 Å². The van der Waals surface area contributed by atoms with E-state index in [9.17, 15) is 14.7 Å². The van der Waals surface area contributed by atoms with Crippen molar-refractivity contribution in [3.8, 4) is 0 Å². The molecular formula is C14H26N2O4. The number of amides is 2. The highest BCUT2D eigenvalue weighted by Gasteiger charge is 2.30. The Labute approximate surface area is 120 Å². The first-order valence-corrected chi connectivity index (χ1v) is 7.26. The van der Waals surface area contributed by atoms with E-state index in [1.165, 1.54) is 0 Å². The van der Waals surface area contributed by atoms with Crippen LogP contribution < -0.4 is 0 Å². The number of hydrogen-bond acceptors (Lipinski definition) is 3. The van der Waals surface area contributed by atoms with Gasteiger partial charge in [0, 0.05) is 25.7 Å². The molecule has 6 heteroatoms. The smallest absolute Gasteiger partial charge is 0.320 e. The van der Waals surface area contributed by atoms with Gasteiger partial charge in [-0.25, -0.2) is 4.79 Å². The molecule has 2 unspecified atom stereocenters. The highest BCUT2D eigenvalue weighted by Crippen LogP contribution is 2.22. The number of carboxylic acids is 1. The Bertz CT molecular complexity index is 357. The molecular weight excluding hydrogens is 260 g/mol. The van der Waals surface area contributed by atoms with Crippen molar-refractivity contribution in [1.82, 2.24) is 9.80 Å². The number of carbonyl (C=O) groups is 2. The monoisotopic (exact) mass is 286 g/mol. The zero-order chi connectivity index (χ0) is 15.3. The number of carbonyl (C=O) groups excluding carboxylic acids is 1. The molecule has 116 valence electrons. The third-order valence-electron chi connectivity index (χ3n) is 3.92. The molecule has 0 aromatic heterocycles. The Hall–Kier alpha value is -1.30. The number of urea groups is 1. The number of aliphatic carboxylic acids is 1. The maximum absolute atomic E-state index is 12.5. The Balaban J connectivity index is 2.68. The second-order valence-electron chi connectivity index (χ2n) is 5.85. The Morgan fingerprint density at radius 1 is 1.35 bits per heavy atom. The van der Waals surface area contributed by atoms with E-state index in [4.69, 9.17) is 5.11 Å². The summed E-state index contributed by atoms with van der Waals surface area (Å²) in [5.41, 5.74) is -0.710. The lowest BCUT2D eigenvalue weighted by atomic mass is 9.98. The van der Waals surface area contributed by atoms with Gasteiger partial charge >= 0.3 is 12.0 Å². The van der Waals surface area contributed by atoms with Gasteiger partial charge in [0.25, 0.3) is 0 Å². The molecule has 1 fully saturated rings. The topological polar surface area (TPSA) is 81.1 Å². The van der Waals surface area contributed by atoms with Gasteiger partial charge in [-0.05, 0) is 40.0 Å². The zero-order valence-electron chi connectivity index (χ0n) is 12.6. The van der Waals surface area contributed by atoms with Crippen LogP contribution in [0.15, 0.2) is 0 Å². The van der Waals surface area contributed by atoms with Crippen LogP contribution in [0, 0.1) is 0 Å². The molecule has 0 saturated carbocycles. The van der Waals surface area contributed by atoms with Gasteiger partial charge in [0.2, 0.25) is 0 Å². The standard InChI is InChI=1S/C14H26N2O4/c1-4-16(11(2)10-12(17)18)13(19)15-8-5-6-14(3,20)7-9-15/h11,20H,4-10H2,1-3H3,(H,17,18). The lowest BCUT2D eigenvalue weighted by molar-refractivity contribution is -0.138. The first kappa shape index (κ1) is 16.8. The summed E-state index contributed by atoms with van der Waals surface area (Å²) in [4.78, 5) is 26.6. The summed E-state index contributed by atoms with van der Waals surface area (Å²) >= 11 is 0. The summed E-state index contributed by atoms with van der Waals surface area (Å²) in [6.07, 6.45) is 1.96. The number of rotatable bonds is 4. The number of nitrogens with zero attached hydrogens (tertiary/aromatic N) is 2. The maximum atomic E-state index is 12.5. The van der Waals surface area contributed by atoms with Crippen molar-refractivity contribution in [2.24, 2.45) is 0 Å². The molecule has 0 bridgehead atoms. The van der Waals surface area contributed by atoms with Gasteiger partial charge in [-0.15, -0.1) is 0 Å². The van der Waals surface area contributed by atoms with Crippen LogP contribution in [0.5, 0.6) is 0 Å². The lowest BCUT2D eigenvalue weighted by Crippen LogP contribution is -2.48. The van der Waals surface area contributed by atoms with E-state index in [1.807, 2.05) is 6.92 Å². The molecule has 0 aromatic carbocycles. The lowest BCUT2D eigenvalue weighted by Gasteiger charge is -2.33. The summed E-state index contributed by atoms with van der Waals surface area (Å²) in [6.45, 7) is 7.02. The van der Waals surface area contributed by atoms with Crippen LogP contribution in [-0.2, 0) is 4.79 Å². The fourth-order valence-electron chi connectivity index (χ4n) is 2.63. The van der Waals surface area contributed by atoms with E-state index in [2.05, 4.69) is 0 Å². The minimum Gasteiger partial charge on any atom is -0.481 e. The Morgan fingerprint density at radius 2 is 2.00 bits per heavy atom. The minimum atomic E-state index is -0.900. The van der Waals surface area contributed by atoms with E-state index in [1.54, 1.807) is 23.6 Å². The number of hydrogen-bond donors (Lipinski definition) is 2. The van der Waals surface area contributed by atoms with Crippen molar-refractivity contribution < 1.29 is 19.8 Å². The fraction of sp³-hybridized carbons (Fsp3) is 0.857. The van der Waals surface area contributed by atoms with Crippen LogP contribution in [0.1, 0.15) is 46.5 Å². The molecule has 1 rings (SSSR count). The van der Waals surface area contributed by atoms with E-state index in [0.717, 1.165) is 6.42 Å². The predicted molar refractivity (Wildman–Crippen MR) is 75.5 cm³/mol. The highest BCUT2D eigenvalue weighted by atomic mass is 16.4. The second kappa shape index (κ2) is 6.92. The number of likely N-dealkylation sites (tertiary alicyclic amines) is 1. The largest absolute Gasteiger partial charge is 0.481 e. The number of carboxylic acid groups (broad SMARTS) is 1. The molecule has 1 aliphatic heterocycles. The third-order valence-corrected chi connectivity index (χ3v) is 3.92. The van der Waals surface area contributed by atoms with Crippen LogP contribution in [0.25, 0.3) is 0 Å². The number of aliphatic hydroxyl groups is 1. The molecule has 2 amide bonds. The molecule has 6 nitrogen and oxygen atoms in total. The van der Waals surface area contributed by atoms with Gasteiger partial charge in [-0.2, -0.15) is 0 Å². The predicted octanol–water partition coefficient (Wildman–Crippen LogP) is 1.53. The van der Waals surface area contributed by atoms with Gasteiger partial charge < -0.3 is 20.0 Å². The molecule has 20 heavy (non-hydrogen) atoms. The Kier molecular flexibility index (Phi) is 5.80. The first-order chi connectivity index (χ1) is 9.26. The molecule has 0 radical (unpaired) electrons. The molecule has 0 spiro atoms. The minimum absolute atomic E-state index is 0.0505. The van der Waals surface area contributed by atoms with E-state index in [-0.39, 0.29) is 18.5 Å². The van der Waals surface area contributed by atoms with Gasteiger partial charge in [0.05, 0.1) is 12.0 Å². The molecule has 2 N–H and O–H groups in total. The molecule has 1 aliphatic rings. The van der Waals surface area contributed by atoms with Crippen molar-refractivity contribution in [2.75, 3.05) is 19.6 Å². The van der Waals surface area contributed by atoms with Crippen molar-refractivity contribution in [2.45, 2.75) is 58.1 Å². The summed E-state index contributed by atoms with van der Waals surface area (Å²) in [5.74, 6) is -0.900. The van der Waals surface area contributed by atoms with Crippen LogP contribution in [0.4, 0.5) is 4.79 Å². The van der Waals surface area contributed by atoms with Crippen LogP contribution >= 0.6 is 0 Å². The normalized spacial score (nSPS) is 24.9. The van der Waals surface area contributed by atoms with E-state index >= 15 is 0 Å². The van der Waals surface area contributed by atoms with Crippen molar-refractivity contribution in [3.05, 3.63) is 0 Å². The quantitative estimate of drug-likeness (QED) is 0.821. The summed E-state index contributed by atoms with van der Waals surface area (Å²) in [6, 6.07) is -0.451. The van der Waals surface area contributed by atoms with E-state index in [0.29, 0.717) is 32.5 Å². The van der Waals surface area contributed by atoms with Gasteiger partial charge in [0.15, 0.2) is 0 Å². The third kappa shape index (κ3) is 4.67. The average Bonchev–Trinajstić information content (AvgIpc) is 2.50. The maximum Gasteiger partial charge on any atom is 0.320 e. The molecule has 0 aromatic rings. The molecule has 1 heterocycles. The summed E-state index contributed by atoms with van der Waals surface area (Å²) < 4.78 is 0. The Morgan fingerprint density at radius 3 is 2.55 bits per heavy atom. The van der Waals surface area contributed by atoms with E-state index < -0.39 is 11.6 Å². The van der Waals surface area contributed by atoms with Crippen molar-refractivity contribution in [1.29, 1.82) is 0 Å². The zero-order valence-corrected chi connectivity index (χ0v) is 12.6. The van der Waals surface area contributed by atoms with Crippen LogP contribution in [-0.4, -0.2) is 63.3 Å². The van der Waals surface area contributed by atoms with Gasteiger partial charge in [0.1, 0.15) is 0 Å². The molecule has 1 saturated heterocycles. The summed E-state index contributed by atoms with van der Waals surface area (Å²) in [5, 5.41) is 18.9. The van der Waals surface area contributed by atoms with Crippen molar-refractivity contribution in [3.63, 3.8) is 0 Å². The highest BCUT2D eigenvalue weighted by molar-refractivity contribution is 5.76. The van der Waals surface area contributed by atoms with Gasteiger partial charge in [-0.1, -0.05) is 0 Å². The average molecular weight is 286 g/mol. The molecule has 0 aliphatic carbocycles. The first-order valence-electron chi connectivity index (χ1n) is 7.26. The second-order valence-corrected chi connectivity index (χ2v) is 5.85.